The third-order valence-corrected chi connectivity index (χ3v) is 5.55. The fraction of sp³-hybridized carbons (Fsp3) is 0.519. The Hall–Kier alpha value is -2.49. The first-order chi connectivity index (χ1) is 17.3. The fourth-order valence-corrected chi connectivity index (χ4v) is 3.90. The summed E-state index contributed by atoms with van der Waals surface area (Å²) in [6.07, 6.45) is -0.439. The summed E-state index contributed by atoms with van der Waals surface area (Å²) in [5, 5.41) is 2.73. The van der Waals surface area contributed by atoms with Gasteiger partial charge in [0.1, 0.15) is 6.61 Å². The Balaban J connectivity index is 1.16. The van der Waals surface area contributed by atoms with Crippen molar-refractivity contribution in [3.63, 3.8) is 0 Å². The molecule has 8 heteroatoms. The lowest BCUT2D eigenvalue weighted by Crippen LogP contribution is -2.29. The van der Waals surface area contributed by atoms with E-state index in [0.717, 1.165) is 0 Å². The number of ether oxygens (including phenoxy) is 6. The highest BCUT2D eigenvalue weighted by atomic mass is 16.6. The van der Waals surface area contributed by atoms with Crippen molar-refractivity contribution in [3.05, 3.63) is 59.7 Å². The van der Waals surface area contributed by atoms with Gasteiger partial charge < -0.3 is 33.7 Å². The highest BCUT2D eigenvalue weighted by Crippen LogP contribution is 2.44. The lowest BCUT2D eigenvalue weighted by atomic mass is 9.98. The summed E-state index contributed by atoms with van der Waals surface area (Å²) >= 11 is 0. The summed E-state index contributed by atoms with van der Waals surface area (Å²) in [5.74, 6) is 0.0541. The Kier molecular flexibility index (Phi) is 12.6. The van der Waals surface area contributed by atoms with Gasteiger partial charge in [0.05, 0.1) is 59.5 Å². The molecule has 1 amide bonds. The molecule has 35 heavy (non-hydrogen) atoms. The van der Waals surface area contributed by atoms with E-state index in [1.54, 1.807) is 0 Å². The van der Waals surface area contributed by atoms with E-state index >= 15 is 0 Å². The standard InChI is InChI=1S/C27H37NO7/c1-2-30-13-14-32-17-18-34-20-19-33-16-15-31-12-11-28-27(29)35-21-26-24-9-5-3-7-22(24)23-8-4-6-10-25(23)26/h3-10,26H,2,11-21H2,1H3,(H,28,29). The van der Waals surface area contributed by atoms with Gasteiger partial charge in [-0.3, -0.25) is 0 Å². The molecule has 0 saturated heterocycles. The van der Waals surface area contributed by atoms with Gasteiger partial charge in [0.2, 0.25) is 0 Å². The molecule has 0 atom stereocenters. The van der Waals surface area contributed by atoms with Crippen LogP contribution in [0.3, 0.4) is 0 Å². The van der Waals surface area contributed by atoms with Gasteiger partial charge in [-0.05, 0) is 29.2 Å². The van der Waals surface area contributed by atoms with E-state index in [0.29, 0.717) is 79.2 Å². The molecule has 0 saturated carbocycles. The Bertz CT molecular complexity index is 831. The second-order valence-corrected chi connectivity index (χ2v) is 7.90. The van der Waals surface area contributed by atoms with Crippen LogP contribution in [0.5, 0.6) is 0 Å². The highest BCUT2D eigenvalue weighted by molar-refractivity contribution is 5.79. The maximum atomic E-state index is 12.1. The smallest absolute Gasteiger partial charge is 0.407 e. The van der Waals surface area contributed by atoms with Gasteiger partial charge in [-0.25, -0.2) is 4.79 Å². The number of hydrogen-bond donors (Lipinski definition) is 1. The number of hydrogen-bond acceptors (Lipinski definition) is 7. The van der Waals surface area contributed by atoms with Crippen LogP contribution < -0.4 is 5.32 Å². The molecule has 1 N–H and O–H groups in total. The van der Waals surface area contributed by atoms with Gasteiger partial charge in [0.25, 0.3) is 0 Å². The first-order valence-electron chi connectivity index (χ1n) is 12.3. The quantitative estimate of drug-likeness (QED) is 0.322. The third kappa shape index (κ3) is 9.23. The Morgan fingerprint density at radius 2 is 1.14 bits per heavy atom. The lowest BCUT2D eigenvalue weighted by Gasteiger charge is -2.14. The molecule has 0 unspecified atom stereocenters. The topological polar surface area (TPSA) is 84.5 Å². The minimum atomic E-state index is -0.439. The molecule has 1 aliphatic carbocycles. The minimum Gasteiger partial charge on any atom is -0.449 e. The van der Waals surface area contributed by atoms with Crippen molar-refractivity contribution in [1.82, 2.24) is 5.32 Å². The zero-order valence-electron chi connectivity index (χ0n) is 20.5. The van der Waals surface area contributed by atoms with Crippen LogP contribution in [0.2, 0.25) is 0 Å². The van der Waals surface area contributed by atoms with Crippen molar-refractivity contribution in [2.75, 3.05) is 79.2 Å². The number of fused-ring (bicyclic) bond motifs is 3. The third-order valence-electron chi connectivity index (χ3n) is 5.55. The number of nitrogens with one attached hydrogen (secondary N) is 1. The van der Waals surface area contributed by atoms with Gasteiger partial charge in [0, 0.05) is 19.1 Å². The number of carbonyl (C=O) groups excluding carboxylic acids is 1. The minimum absolute atomic E-state index is 0.0541. The van der Waals surface area contributed by atoms with Crippen molar-refractivity contribution in [2.24, 2.45) is 0 Å². The van der Waals surface area contributed by atoms with E-state index in [4.69, 9.17) is 28.4 Å². The molecule has 0 radical (unpaired) electrons. The van der Waals surface area contributed by atoms with E-state index in [2.05, 4.69) is 29.6 Å². The molecule has 8 nitrogen and oxygen atoms in total. The maximum absolute atomic E-state index is 12.1. The van der Waals surface area contributed by atoms with E-state index in [1.165, 1.54) is 22.3 Å². The zero-order valence-corrected chi connectivity index (χ0v) is 20.5. The molecule has 0 spiro atoms. The van der Waals surface area contributed by atoms with E-state index < -0.39 is 6.09 Å². The fourth-order valence-electron chi connectivity index (χ4n) is 3.90. The zero-order chi connectivity index (χ0) is 24.6. The van der Waals surface area contributed by atoms with Gasteiger partial charge in [-0.2, -0.15) is 0 Å². The molecule has 1 aliphatic rings. The number of alkyl carbamates (subject to hydrolysis) is 1. The monoisotopic (exact) mass is 487 g/mol. The van der Waals surface area contributed by atoms with Gasteiger partial charge >= 0.3 is 6.09 Å². The number of rotatable bonds is 18. The van der Waals surface area contributed by atoms with Crippen LogP contribution in [-0.2, 0) is 28.4 Å². The van der Waals surface area contributed by atoms with Crippen molar-refractivity contribution in [3.8, 4) is 11.1 Å². The summed E-state index contributed by atoms with van der Waals surface area (Å²) in [5.41, 5.74) is 4.81. The van der Waals surface area contributed by atoms with Gasteiger partial charge in [0.15, 0.2) is 0 Å². The van der Waals surface area contributed by atoms with Crippen molar-refractivity contribution >= 4 is 6.09 Å². The predicted molar refractivity (Wildman–Crippen MR) is 133 cm³/mol. The van der Waals surface area contributed by atoms with Crippen LogP contribution in [0.4, 0.5) is 4.79 Å². The average molecular weight is 488 g/mol. The summed E-state index contributed by atoms with van der Waals surface area (Å²) in [6.45, 7) is 7.95. The van der Waals surface area contributed by atoms with Gasteiger partial charge in [-0.15, -0.1) is 0 Å². The molecular formula is C27H37NO7. The largest absolute Gasteiger partial charge is 0.449 e. The lowest BCUT2D eigenvalue weighted by molar-refractivity contribution is -0.00995. The number of amides is 1. The van der Waals surface area contributed by atoms with Gasteiger partial charge in [-0.1, -0.05) is 48.5 Å². The van der Waals surface area contributed by atoms with E-state index in [9.17, 15) is 4.79 Å². The summed E-state index contributed by atoms with van der Waals surface area (Å²) in [7, 11) is 0. The molecule has 3 rings (SSSR count). The van der Waals surface area contributed by atoms with Crippen LogP contribution >= 0.6 is 0 Å². The molecule has 2 aromatic carbocycles. The Morgan fingerprint density at radius 1 is 0.686 bits per heavy atom. The van der Waals surface area contributed by atoms with Crippen LogP contribution in [0, 0.1) is 0 Å². The van der Waals surface area contributed by atoms with Crippen LogP contribution in [0.25, 0.3) is 11.1 Å². The summed E-state index contributed by atoms with van der Waals surface area (Å²) in [4.78, 5) is 12.1. The molecule has 2 aromatic rings. The maximum Gasteiger partial charge on any atom is 0.407 e. The number of benzene rings is 2. The molecule has 0 bridgehead atoms. The van der Waals surface area contributed by atoms with E-state index in [1.807, 2.05) is 31.2 Å². The SMILES string of the molecule is CCOCCOCCOCCOCCOCCNC(=O)OCC1c2ccccc2-c2ccccc21. The predicted octanol–water partition coefficient (Wildman–Crippen LogP) is 3.63. The van der Waals surface area contributed by atoms with Crippen LogP contribution in [0.15, 0.2) is 48.5 Å². The molecule has 0 fully saturated rings. The second kappa shape index (κ2) is 16.2. The van der Waals surface area contributed by atoms with Crippen molar-refractivity contribution in [2.45, 2.75) is 12.8 Å². The van der Waals surface area contributed by atoms with Crippen molar-refractivity contribution < 1.29 is 33.2 Å². The Morgan fingerprint density at radius 3 is 1.66 bits per heavy atom. The molecule has 0 aliphatic heterocycles. The molecular weight excluding hydrogens is 450 g/mol. The second-order valence-electron chi connectivity index (χ2n) is 7.90. The highest BCUT2D eigenvalue weighted by Gasteiger charge is 2.28. The molecule has 192 valence electrons. The Labute approximate surface area is 207 Å². The van der Waals surface area contributed by atoms with Crippen LogP contribution in [0.1, 0.15) is 24.0 Å². The first-order valence-corrected chi connectivity index (χ1v) is 12.3. The van der Waals surface area contributed by atoms with E-state index in [-0.39, 0.29) is 5.92 Å². The molecule has 0 aromatic heterocycles. The summed E-state index contributed by atoms with van der Waals surface area (Å²) < 4.78 is 32.4. The summed E-state index contributed by atoms with van der Waals surface area (Å²) in [6, 6.07) is 16.5. The first kappa shape index (κ1) is 27.1. The number of carbonyl (C=O) groups is 1. The van der Waals surface area contributed by atoms with Crippen LogP contribution in [-0.4, -0.2) is 85.3 Å². The normalized spacial score (nSPS) is 12.4. The molecule has 0 heterocycles. The average Bonchev–Trinajstić information content (AvgIpc) is 3.21. The van der Waals surface area contributed by atoms with Crippen molar-refractivity contribution in [1.29, 1.82) is 0 Å².